The van der Waals surface area contributed by atoms with Gasteiger partial charge in [-0.25, -0.2) is 8.42 Å². The third-order valence-corrected chi connectivity index (χ3v) is 5.75. The van der Waals surface area contributed by atoms with E-state index in [9.17, 15) is 21.6 Å². The minimum Gasteiger partial charge on any atom is -0.384 e. The summed E-state index contributed by atoms with van der Waals surface area (Å²) in [4.78, 5) is 0. The van der Waals surface area contributed by atoms with Gasteiger partial charge in [-0.1, -0.05) is 11.6 Å². The molecule has 10 heteroatoms. The Kier molecular flexibility index (Phi) is 5.63. The summed E-state index contributed by atoms with van der Waals surface area (Å²) in [5.41, 5.74) is -4.30. The van der Waals surface area contributed by atoms with Crippen LogP contribution < -0.4 is 5.32 Å². The number of nitrogens with zero attached hydrogens (tertiary/aromatic N) is 2. The highest BCUT2D eigenvalue weighted by Crippen LogP contribution is 2.30. The van der Waals surface area contributed by atoms with Crippen molar-refractivity contribution in [1.82, 2.24) is 4.31 Å². The van der Waals surface area contributed by atoms with E-state index in [1.165, 1.54) is 0 Å². The van der Waals surface area contributed by atoms with Gasteiger partial charge in [-0.05, 0) is 37.0 Å². The Hall–Kier alpha value is -1.50. The zero-order valence-corrected chi connectivity index (χ0v) is 14.0. The van der Waals surface area contributed by atoms with E-state index >= 15 is 0 Å². The normalized spacial score (nSPS) is 17.5. The Labute approximate surface area is 143 Å². The van der Waals surface area contributed by atoms with Crippen molar-refractivity contribution in [2.24, 2.45) is 5.92 Å². The van der Waals surface area contributed by atoms with Gasteiger partial charge >= 0.3 is 15.5 Å². The number of benzene rings is 1. The van der Waals surface area contributed by atoms with Crippen LogP contribution in [0.3, 0.4) is 0 Å². The third-order valence-electron chi connectivity index (χ3n) is 3.89. The van der Waals surface area contributed by atoms with Crippen LogP contribution in [0.15, 0.2) is 18.2 Å². The molecule has 0 atom stereocenters. The van der Waals surface area contributed by atoms with E-state index in [0.717, 1.165) is 0 Å². The Morgan fingerprint density at radius 2 is 1.96 bits per heavy atom. The summed E-state index contributed by atoms with van der Waals surface area (Å²) >= 11 is 5.88. The van der Waals surface area contributed by atoms with E-state index in [0.29, 0.717) is 40.0 Å². The molecule has 1 aromatic carbocycles. The number of alkyl halides is 3. The van der Waals surface area contributed by atoms with Gasteiger partial charge in [0.25, 0.3) is 0 Å². The maximum atomic E-state index is 12.5. The second kappa shape index (κ2) is 7.17. The molecular formula is C14H15ClF3N3O2S. The van der Waals surface area contributed by atoms with Crippen molar-refractivity contribution in [3.63, 3.8) is 0 Å². The molecule has 2 rings (SSSR count). The first-order valence-electron chi connectivity index (χ1n) is 7.15. The predicted molar refractivity (Wildman–Crippen MR) is 83.9 cm³/mol. The monoisotopic (exact) mass is 381 g/mol. The molecule has 132 valence electrons. The van der Waals surface area contributed by atoms with Crippen LogP contribution >= 0.6 is 11.6 Å². The first kappa shape index (κ1) is 18.8. The maximum Gasteiger partial charge on any atom is 0.511 e. The van der Waals surface area contributed by atoms with Gasteiger partial charge < -0.3 is 5.32 Å². The topological polar surface area (TPSA) is 73.2 Å². The molecule has 1 saturated heterocycles. The molecule has 1 N–H and O–H groups in total. The molecule has 0 saturated carbocycles. The first-order valence-corrected chi connectivity index (χ1v) is 8.97. The van der Waals surface area contributed by atoms with Gasteiger partial charge in [0.1, 0.15) is 6.07 Å². The molecule has 1 heterocycles. The highest BCUT2D eigenvalue weighted by Gasteiger charge is 2.50. The summed E-state index contributed by atoms with van der Waals surface area (Å²) in [7, 11) is -5.25. The van der Waals surface area contributed by atoms with Gasteiger partial charge in [0.05, 0.1) is 11.3 Å². The summed E-state index contributed by atoms with van der Waals surface area (Å²) in [6.07, 6.45) is 0.621. The van der Waals surface area contributed by atoms with Crippen LogP contribution in [-0.2, 0) is 10.0 Å². The summed E-state index contributed by atoms with van der Waals surface area (Å²) < 4.78 is 60.7. The van der Waals surface area contributed by atoms with E-state index in [-0.39, 0.29) is 19.0 Å². The van der Waals surface area contributed by atoms with Crippen LogP contribution in [0.25, 0.3) is 0 Å². The van der Waals surface area contributed by atoms with E-state index in [1.807, 2.05) is 6.07 Å². The number of nitrogens with one attached hydrogen (secondary N) is 1. The number of halogens is 4. The van der Waals surface area contributed by atoms with Gasteiger partial charge in [0.15, 0.2) is 0 Å². The quantitative estimate of drug-likeness (QED) is 0.869. The standard InChI is InChI=1S/C14H15ClF3N3O2S/c15-12-2-1-11(8-19)13(7-12)20-9-10-3-5-21(6-4-10)24(22,23)14(16,17)18/h1-2,7,10,20H,3-6,9H2. The van der Waals surface area contributed by atoms with Crippen LogP contribution in [0.4, 0.5) is 18.9 Å². The molecule has 0 unspecified atom stereocenters. The number of anilines is 1. The van der Waals surface area contributed by atoms with Gasteiger partial charge in [-0.2, -0.15) is 22.7 Å². The minimum atomic E-state index is -5.26. The molecule has 24 heavy (non-hydrogen) atoms. The molecule has 1 fully saturated rings. The number of hydrogen-bond donors (Lipinski definition) is 1. The van der Waals surface area contributed by atoms with Crippen LogP contribution in [0.5, 0.6) is 0 Å². The molecule has 0 aliphatic carbocycles. The highest BCUT2D eigenvalue weighted by atomic mass is 35.5. The zero-order valence-electron chi connectivity index (χ0n) is 12.5. The summed E-state index contributed by atoms with van der Waals surface area (Å²) in [5, 5.41) is 12.6. The minimum absolute atomic E-state index is 0.00945. The molecule has 1 aromatic rings. The lowest BCUT2D eigenvalue weighted by molar-refractivity contribution is -0.0496. The van der Waals surface area contributed by atoms with Crippen LogP contribution in [0.1, 0.15) is 18.4 Å². The molecule has 0 amide bonds. The Morgan fingerprint density at radius 3 is 2.50 bits per heavy atom. The lowest BCUT2D eigenvalue weighted by Gasteiger charge is -2.31. The number of sulfonamides is 1. The predicted octanol–water partition coefficient (Wildman–Crippen LogP) is 3.19. The lowest BCUT2D eigenvalue weighted by Crippen LogP contribution is -2.45. The van der Waals surface area contributed by atoms with Crippen molar-refractivity contribution >= 4 is 27.3 Å². The van der Waals surface area contributed by atoms with E-state index in [1.54, 1.807) is 18.2 Å². The largest absolute Gasteiger partial charge is 0.511 e. The van der Waals surface area contributed by atoms with Crippen molar-refractivity contribution in [2.75, 3.05) is 25.0 Å². The van der Waals surface area contributed by atoms with Crippen molar-refractivity contribution in [3.8, 4) is 6.07 Å². The summed E-state index contributed by atoms with van der Waals surface area (Å²) in [6, 6.07) is 6.78. The fourth-order valence-electron chi connectivity index (χ4n) is 2.51. The van der Waals surface area contributed by atoms with Crippen molar-refractivity contribution in [2.45, 2.75) is 18.3 Å². The molecule has 0 radical (unpaired) electrons. The van der Waals surface area contributed by atoms with Crippen molar-refractivity contribution < 1.29 is 21.6 Å². The van der Waals surface area contributed by atoms with Crippen LogP contribution in [0, 0.1) is 17.2 Å². The van der Waals surface area contributed by atoms with Crippen LogP contribution in [-0.4, -0.2) is 37.9 Å². The smallest absolute Gasteiger partial charge is 0.384 e. The van der Waals surface area contributed by atoms with E-state index < -0.39 is 15.5 Å². The van der Waals surface area contributed by atoms with E-state index in [2.05, 4.69) is 5.32 Å². The Morgan fingerprint density at radius 1 is 1.33 bits per heavy atom. The van der Waals surface area contributed by atoms with Crippen molar-refractivity contribution in [3.05, 3.63) is 28.8 Å². The van der Waals surface area contributed by atoms with E-state index in [4.69, 9.17) is 16.9 Å². The van der Waals surface area contributed by atoms with Gasteiger partial charge in [-0.3, -0.25) is 0 Å². The average molecular weight is 382 g/mol. The number of piperidine rings is 1. The van der Waals surface area contributed by atoms with Gasteiger partial charge in [0.2, 0.25) is 0 Å². The second-order valence-corrected chi connectivity index (χ2v) is 7.84. The third kappa shape index (κ3) is 4.12. The van der Waals surface area contributed by atoms with Gasteiger partial charge in [-0.15, -0.1) is 0 Å². The first-order chi connectivity index (χ1) is 11.1. The summed E-state index contributed by atoms with van der Waals surface area (Å²) in [5.74, 6) is 0.00945. The molecule has 0 spiro atoms. The Balaban J connectivity index is 1.93. The summed E-state index contributed by atoms with van der Waals surface area (Å²) in [6.45, 7) is 0.0820. The van der Waals surface area contributed by atoms with Crippen LogP contribution in [0.2, 0.25) is 5.02 Å². The maximum absolute atomic E-state index is 12.5. The lowest BCUT2D eigenvalue weighted by atomic mass is 9.98. The zero-order chi connectivity index (χ0) is 18.0. The molecule has 0 aromatic heterocycles. The van der Waals surface area contributed by atoms with Gasteiger partial charge in [0, 0.05) is 24.7 Å². The Bertz CT molecular complexity index is 739. The number of nitriles is 1. The van der Waals surface area contributed by atoms with Crippen molar-refractivity contribution in [1.29, 1.82) is 5.26 Å². The average Bonchev–Trinajstić information content (AvgIpc) is 2.52. The fourth-order valence-corrected chi connectivity index (χ4v) is 3.67. The SMILES string of the molecule is N#Cc1ccc(Cl)cc1NCC1CCN(S(=O)(=O)C(F)(F)F)CC1. The molecule has 1 aliphatic heterocycles. The number of rotatable bonds is 4. The molecule has 0 bridgehead atoms. The second-order valence-electron chi connectivity index (χ2n) is 5.48. The number of hydrogen-bond acceptors (Lipinski definition) is 4. The molecule has 5 nitrogen and oxygen atoms in total. The molecule has 1 aliphatic rings. The fraction of sp³-hybridized carbons (Fsp3) is 0.500. The highest BCUT2D eigenvalue weighted by molar-refractivity contribution is 7.90. The molecular weight excluding hydrogens is 367 g/mol.